The summed E-state index contributed by atoms with van der Waals surface area (Å²) in [4.78, 5) is 11.2. The second-order valence-electron chi connectivity index (χ2n) is 3.63. The predicted molar refractivity (Wildman–Crippen MR) is 72.9 cm³/mol. The maximum absolute atomic E-state index is 11.2. The first-order valence-corrected chi connectivity index (χ1v) is 5.69. The van der Waals surface area contributed by atoms with Crippen molar-refractivity contribution in [2.45, 2.75) is 0 Å². The largest absolute Gasteiger partial charge is 0.421 e. The van der Waals surface area contributed by atoms with E-state index in [1.165, 1.54) is 0 Å². The second kappa shape index (κ2) is 6.26. The summed E-state index contributed by atoms with van der Waals surface area (Å²) in [5.41, 5.74) is 1.22. The van der Waals surface area contributed by atoms with E-state index in [2.05, 4.69) is 16.8 Å². The van der Waals surface area contributed by atoms with Gasteiger partial charge in [0.15, 0.2) is 5.75 Å². The van der Waals surface area contributed by atoms with Crippen LogP contribution in [0.2, 0.25) is 0 Å². The van der Waals surface area contributed by atoms with Crippen LogP contribution in [0, 0.1) is 0 Å². The van der Waals surface area contributed by atoms with Crippen LogP contribution in [0.25, 0.3) is 0 Å². The second-order valence-corrected chi connectivity index (χ2v) is 3.63. The lowest BCUT2D eigenvalue weighted by Gasteiger charge is -2.03. The van der Waals surface area contributed by atoms with Crippen LogP contribution in [-0.4, -0.2) is 5.97 Å². The standard InChI is InChI=1S/C15H12N2O2/c1-2-15(18)19-14-11-7-6-10-13(14)17-16-12-8-4-3-5-9-12/h2-11H,1H2/b17-16+. The van der Waals surface area contributed by atoms with Crippen molar-refractivity contribution in [2.24, 2.45) is 10.2 Å². The molecular formula is C15H12N2O2. The van der Waals surface area contributed by atoms with Gasteiger partial charge in [0, 0.05) is 6.08 Å². The van der Waals surface area contributed by atoms with Gasteiger partial charge in [0.05, 0.1) is 5.69 Å². The topological polar surface area (TPSA) is 51.0 Å². The Morgan fingerprint density at radius 3 is 2.42 bits per heavy atom. The number of rotatable bonds is 4. The van der Waals surface area contributed by atoms with Crippen LogP contribution in [0.5, 0.6) is 5.75 Å². The van der Waals surface area contributed by atoms with E-state index in [1.807, 2.05) is 30.3 Å². The Bertz CT molecular complexity index is 607. The number of hydrogen-bond acceptors (Lipinski definition) is 4. The van der Waals surface area contributed by atoms with Gasteiger partial charge in [0.2, 0.25) is 0 Å². The maximum atomic E-state index is 11.2. The van der Waals surface area contributed by atoms with Crippen molar-refractivity contribution in [1.29, 1.82) is 0 Å². The lowest BCUT2D eigenvalue weighted by molar-refractivity contribution is -0.128. The Morgan fingerprint density at radius 2 is 1.68 bits per heavy atom. The highest BCUT2D eigenvalue weighted by molar-refractivity contribution is 5.84. The first kappa shape index (κ1) is 12.7. The smallest absolute Gasteiger partial charge is 0.335 e. The number of carbonyl (C=O) groups excluding carboxylic acids is 1. The number of esters is 1. The highest BCUT2D eigenvalue weighted by Crippen LogP contribution is 2.28. The fourth-order valence-electron chi connectivity index (χ4n) is 1.38. The van der Waals surface area contributed by atoms with E-state index in [0.29, 0.717) is 11.4 Å². The van der Waals surface area contributed by atoms with Crippen molar-refractivity contribution in [3.63, 3.8) is 0 Å². The summed E-state index contributed by atoms with van der Waals surface area (Å²) < 4.78 is 5.07. The van der Waals surface area contributed by atoms with Gasteiger partial charge in [0.25, 0.3) is 0 Å². The predicted octanol–water partition coefficient (Wildman–Crippen LogP) is 4.19. The van der Waals surface area contributed by atoms with Crippen molar-refractivity contribution in [2.75, 3.05) is 0 Å². The molecule has 0 spiro atoms. The van der Waals surface area contributed by atoms with Crippen LogP contribution >= 0.6 is 0 Å². The zero-order chi connectivity index (χ0) is 13.5. The molecule has 4 nitrogen and oxygen atoms in total. The molecule has 0 aliphatic carbocycles. The number of azo groups is 1. The minimum atomic E-state index is -0.526. The summed E-state index contributed by atoms with van der Waals surface area (Å²) in [6.45, 7) is 3.35. The Morgan fingerprint density at radius 1 is 1.00 bits per heavy atom. The molecule has 0 amide bonds. The van der Waals surface area contributed by atoms with Gasteiger partial charge in [-0.05, 0) is 24.3 Å². The fourth-order valence-corrected chi connectivity index (χ4v) is 1.38. The molecule has 0 saturated carbocycles. The number of benzene rings is 2. The molecule has 0 unspecified atom stereocenters. The molecule has 0 radical (unpaired) electrons. The molecule has 19 heavy (non-hydrogen) atoms. The van der Waals surface area contributed by atoms with E-state index in [1.54, 1.807) is 24.3 Å². The van der Waals surface area contributed by atoms with Crippen molar-refractivity contribution in [1.82, 2.24) is 0 Å². The molecular weight excluding hydrogens is 240 g/mol. The Kier molecular flexibility index (Phi) is 4.18. The van der Waals surface area contributed by atoms with Gasteiger partial charge in [-0.2, -0.15) is 5.11 Å². The molecule has 4 heteroatoms. The lowest BCUT2D eigenvalue weighted by Crippen LogP contribution is -2.02. The van der Waals surface area contributed by atoms with Crippen LogP contribution in [0.15, 0.2) is 77.5 Å². The highest BCUT2D eigenvalue weighted by atomic mass is 16.5. The summed E-state index contributed by atoms with van der Waals surface area (Å²) in [7, 11) is 0. The number of para-hydroxylation sites is 1. The average Bonchev–Trinajstić information content (AvgIpc) is 2.47. The quantitative estimate of drug-likeness (QED) is 0.354. The third-order valence-electron chi connectivity index (χ3n) is 2.27. The molecule has 2 rings (SSSR count). The van der Waals surface area contributed by atoms with Crippen molar-refractivity contribution in [3.8, 4) is 5.75 Å². The van der Waals surface area contributed by atoms with Gasteiger partial charge < -0.3 is 4.74 Å². The number of carbonyl (C=O) groups is 1. The van der Waals surface area contributed by atoms with E-state index in [0.717, 1.165) is 11.8 Å². The highest BCUT2D eigenvalue weighted by Gasteiger charge is 2.05. The molecule has 0 aliphatic heterocycles. The normalized spacial score (nSPS) is 10.3. The Hall–Kier alpha value is -2.75. The summed E-state index contributed by atoms with van der Waals surface area (Å²) in [6.07, 6.45) is 1.10. The molecule has 0 N–H and O–H groups in total. The van der Waals surface area contributed by atoms with Crippen LogP contribution < -0.4 is 4.74 Å². The molecule has 94 valence electrons. The molecule has 2 aromatic carbocycles. The average molecular weight is 252 g/mol. The van der Waals surface area contributed by atoms with Gasteiger partial charge in [-0.1, -0.05) is 36.9 Å². The molecule has 0 aliphatic rings. The van der Waals surface area contributed by atoms with Crippen LogP contribution in [0.1, 0.15) is 0 Å². The molecule has 0 heterocycles. The number of nitrogens with zero attached hydrogens (tertiary/aromatic N) is 2. The zero-order valence-corrected chi connectivity index (χ0v) is 10.2. The van der Waals surface area contributed by atoms with E-state index in [9.17, 15) is 4.79 Å². The number of hydrogen-bond donors (Lipinski definition) is 0. The van der Waals surface area contributed by atoms with E-state index >= 15 is 0 Å². The summed E-state index contributed by atoms with van der Waals surface area (Å²) in [5, 5.41) is 8.16. The van der Waals surface area contributed by atoms with Crippen molar-refractivity contribution in [3.05, 3.63) is 67.3 Å². The third kappa shape index (κ3) is 3.61. The SMILES string of the molecule is C=CC(=O)Oc1ccccc1/N=N/c1ccccc1. The van der Waals surface area contributed by atoms with Crippen molar-refractivity contribution < 1.29 is 9.53 Å². The third-order valence-corrected chi connectivity index (χ3v) is 2.27. The zero-order valence-electron chi connectivity index (χ0n) is 10.2. The number of ether oxygens (including phenoxy) is 1. The van der Waals surface area contributed by atoms with Gasteiger partial charge in [-0.25, -0.2) is 4.79 Å². The van der Waals surface area contributed by atoms with Crippen LogP contribution in [0.4, 0.5) is 11.4 Å². The molecule has 0 atom stereocenters. The van der Waals surface area contributed by atoms with Crippen molar-refractivity contribution >= 4 is 17.3 Å². The lowest BCUT2D eigenvalue weighted by atomic mass is 10.3. The summed E-state index contributed by atoms with van der Waals surface area (Å²) in [6, 6.07) is 16.2. The first-order valence-electron chi connectivity index (χ1n) is 5.69. The minimum absolute atomic E-state index is 0.354. The molecule has 0 saturated heterocycles. The van der Waals surface area contributed by atoms with Gasteiger partial charge in [-0.3, -0.25) is 0 Å². The fraction of sp³-hybridized carbons (Fsp3) is 0. The van der Waals surface area contributed by atoms with Crippen LogP contribution in [-0.2, 0) is 4.79 Å². The maximum Gasteiger partial charge on any atom is 0.335 e. The first-order chi connectivity index (χ1) is 9.29. The Labute approximate surface area is 111 Å². The molecule has 2 aromatic rings. The van der Waals surface area contributed by atoms with Crippen LogP contribution in [0.3, 0.4) is 0 Å². The summed E-state index contributed by atoms with van der Waals surface area (Å²) in [5.74, 6) is -0.172. The van der Waals surface area contributed by atoms with E-state index < -0.39 is 5.97 Å². The molecule has 0 fully saturated rings. The van der Waals surface area contributed by atoms with Gasteiger partial charge >= 0.3 is 5.97 Å². The van der Waals surface area contributed by atoms with E-state index in [-0.39, 0.29) is 0 Å². The summed E-state index contributed by atoms with van der Waals surface area (Å²) >= 11 is 0. The van der Waals surface area contributed by atoms with E-state index in [4.69, 9.17) is 4.74 Å². The minimum Gasteiger partial charge on any atom is -0.421 e. The monoisotopic (exact) mass is 252 g/mol. The molecule has 0 aromatic heterocycles. The Balaban J connectivity index is 2.23. The van der Waals surface area contributed by atoms with Gasteiger partial charge in [0.1, 0.15) is 5.69 Å². The van der Waals surface area contributed by atoms with Gasteiger partial charge in [-0.15, -0.1) is 5.11 Å². The molecule has 0 bridgehead atoms.